The molecule has 128 valence electrons. The summed E-state index contributed by atoms with van der Waals surface area (Å²) in [5, 5.41) is 18.7. The first kappa shape index (κ1) is 17.7. The van der Waals surface area contributed by atoms with Gasteiger partial charge in [0.25, 0.3) is 5.56 Å². The predicted molar refractivity (Wildman–Crippen MR) is 85.9 cm³/mol. The molecule has 8 heteroatoms. The van der Waals surface area contributed by atoms with Gasteiger partial charge in [-0.2, -0.15) is 0 Å². The third kappa shape index (κ3) is 3.33. The number of carboxylic acids is 1. The van der Waals surface area contributed by atoms with Crippen LogP contribution in [0.1, 0.15) is 18.9 Å². The largest absolute Gasteiger partial charge is 0.494 e. The average Bonchev–Trinajstić information content (AvgIpc) is 2.54. The van der Waals surface area contributed by atoms with Gasteiger partial charge in [0, 0.05) is 12.6 Å². The number of aryl methyl sites for hydroxylation is 1. The van der Waals surface area contributed by atoms with Crippen molar-refractivity contribution in [2.24, 2.45) is 0 Å². The maximum absolute atomic E-state index is 12.8. The average molecular weight is 351 g/mol. The first-order valence-corrected chi connectivity index (χ1v) is 8.75. The highest BCUT2D eigenvalue weighted by Crippen LogP contribution is 2.24. The minimum Gasteiger partial charge on any atom is -0.494 e. The summed E-state index contributed by atoms with van der Waals surface area (Å²) >= 11 is 0. The molecule has 1 heterocycles. The first-order valence-electron chi connectivity index (χ1n) is 7.26. The van der Waals surface area contributed by atoms with E-state index in [4.69, 9.17) is 5.11 Å². The predicted octanol–water partition coefficient (Wildman–Crippen LogP) is 1.42. The summed E-state index contributed by atoms with van der Waals surface area (Å²) in [6, 6.07) is 8.69. The smallest absolute Gasteiger partial charge is 0.305 e. The van der Waals surface area contributed by atoms with Crippen molar-refractivity contribution in [2.75, 3.05) is 0 Å². The Morgan fingerprint density at radius 3 is 2.38 bits per heavy atom. The van der Waals surface area contributed by atoms with Gasteiger partial charge in [-0.15, -0.1) is 0 Å². The maximum atomic E-state index is 12.8. The number of aromatic nitrogens is 1. The maximum Gasteiger partial charge on any atom is 0.305 e. The Hall–Kier alpha value is -2.61. The molecule has 2 rings (SSSR count). The van der Waals surface area contributed by atoms with Crippen LogP contribution in [0.15, 0.2) is 51.0 Å². The van der Waals surface area contributed by atoms with E-state index in [1.54, 1.807) is 25.1 Å². The molecule has 0 spiro atoms. The van der Waals surface area contributed by atoms with E-state index in [1.807, 2.05) is 0 Å². The summed E-state index contributed by atoms with van der Waals surface area (Å²) in [7, 11) is -4.08. The fourth-order valence-corrected chi connectivity index (χ4v) is 3.99. The van der Waals surface area contributed by atoms with Gasteiger partial charge in [-0.25, -0.2) is 8.42 Å². The highest BCUT2D eigenvalue weighted by molar-refractivity contribution is 7.91. The third-order valence-corrected chi connectivity index (χ3v) is 5.43. The molecule has 0 bridgehead atoms. The van der Waals surface area contributed by atoms with Crippen LogP contribution in [-0.2, 0) is 27.6 Å². The Bertz CT molecular complexity index is 916. The van der Waals surface area contributed by atoms with Crippen molar-refractivity contribution in [2.45, 2.75) is 36.1 Å². The van der Waals surface area contributed by atoms with E-state index in [2.05, 4.69) is 0 Å². The Balaban J connectivity index is 2.71. The van der Waals surface area contributed by atoms with Crippen LogP contribution in [0.3, 0.4) is 0 Å². The molecule has 0 radical (unpaired) electrons. The Kier molecular flexibility index (Phi) is 5.08. The lowest BCUT2D eigenvalue weighted by atomic mass is 10.2. The van der Waals surface area contributed by atoms with Crippen molar-refractivity contribution in [1.29, 1.82) is 0 Å². The van der Waals surface area contributed by atoms with Crippen LogP contribution in [0.2, 0.25) is 0 Å². The lowest BCUT2D eigenvalue weighted by Crippen LogP contribution is -2.28. The van der Waals surface area contributed by atoms with E-state index in [-0.39, 0.29) is 23.4 Å². The topological polar surface area (TPSA) is 114 Å². The molecule has 2 aromatic rings. The molecule has 0 saturated carbocycles. The van der Waals surface area contributed by atoms with E-state index < -0.39 is 38.6 Å². The number of benzene rings is 1. The van der Waals surface area contributed by atoms with Crippen LogP contribution in [0.5, 0.6) is 5.88 Å². The summed E-state index contributed by atoms with van der Waals surface area (Å²) in [6.07, 6.45) is -0.187. The molecule has 0 amide bonds. The second-order valence-corrected chi connectivity index (χ2v) is 7.01. The highest BCUT2D eigenvalue weighted by atomic mass is 32.2. The molecule has 0 unspecified atom stereocenters. The zero-order valence-electron chi connectivity index (χ0n) is 13.0. The Labute approximate surface area is 138 Å². The second-order valence-electron chi connectivity index (χ2n) is 5.13. The fraction of sp³-hybridized carbons (Fsp3) is 0.250. The molecule has 0 atom stereocenters. The zero-order chi connectivity index (χ0) is 17.9. The first-order chi connectivity index (χ1) is 11.3. The van der Waals surface area contributed by atoms with Crippen LogP contribution in [0, 0.1) is 0 Å². The highest BCUT2D eigenvalue weighted by Gasteiger charge is 2.27. The second kappa shape index (κ2) is 6.88. The fourth-order valence-electron chi connectivity index (χ4n) is 2.35. The number of carboxylic acid groups (broad SMARTS) is 1. The van der Waals surface area contributed by atoms with E-state index >= 15 is 0 Å². The van der Waals surface area contributed by atoms with Gasteiger partial charge in [0.2, 0.25) is 9.84 Å². The molecule has 0 aliphatic heterocycles. The monoisotopic (exact) mass is 351 g/mol. The normalized spacial score (nSPS) is 11.4. The number of aromatic hydroxyl groups is 1. The lowest BCUT2D eigenvalue weighted by molar-refractivity contribution is -0.137. The third-order valence-electron chi connectivity index (χ3n) is 3.56. The molecule has 7 nitrogen and oxygen atoms in total. The molecule has 0 aliphatic carbocycles. The molecule has 1 aromatic carbocycles. The van der Waals surface area contributed by atoms with Crippen LogP contribution >= 0.6 is 0 Å². The minimum absolute atomic E-state index is 0.0349. The van der Waals surface area contributed by atoms with Gasteiger partial charge < -0.3 is 10.2 Å². The zero-order valence-corrected chi connectivity index (χ0v) is 13.8. The number of aliphatic carboxylic acids is 1. The van der Waals surface area contributed by atoms with Gasteiger partial charge >= 0.3 is 5.97 Å². The van der Waals surface area contributed by atoms with E-state index in [1.165, 1.54) is 18.2 Å². The number of carbonyl (C=O) groups is 1. The number of nitrogens with zero attached hydrogens (tertiary/aromatic N) is 1. The van der Waals surface area contributed by atoms with Crippen molar-refractivity contribution in [1.82, 2.24) is 4.57 Å². The molecular weight excluding hydrogens is 334 g/mol. The van der Waals surface area contributed by atoms with Gasteiger partial charge in [-0.1, -0.05) is 25.1 Å². The summed E-state index contributed by atoms with van der Waals surface area (Å²) in [4.78, 5) is 22.9. The SMILES string of the molecule is CCc1cc(O)n(CCC(=O)O)c(=O)c1S(=O)(=O)c1ccccc1. The number of pyridine rings is 1. The van der Waals surface area contributed by atoms with Gasteiger partial charge in [0.05, 0.1) is 11.3 Å². The molecule has 0 saturated heterocycles. The molecule has 24 heavy (non-hydrogen) atoms. The van der Waals surface area contributed by atoms with Gasteiger partial charge in [-0.05, 0) is 24.1 Å². The number of hydrogen-bond donors (Lipinski definition) is 2. The van der Waals surface area contributed by atoms with Gasteiger partial charge in [0.1, 0.15) is 4.90 Å². The number of hydrogen-bond acceptors (Lipinski definition) is 5. The summed E-state index contributed by atoms with van der Waals surface area (Å²) < 4.78 is 26.4. The summed E-state index contributed by atoms with van der Waals surface area (Å²) in [6.45, 7) is 1.35. The Morgan fingerprint density at radius 2 is 1.83 bits per heavy atom. The molecule has 2 N–H and O–H groups in total. The van der Waals surface area contributed by atoms with Crippen molar-refractivity contribution < 1.29 is 23.4 Å². The van der Waals surface area contributed by atoms with Gasteiger partial charge in [0.15, 0.2) is 5.88 Å². The number of sulfone groups is 1. The minimum atomic E-state index is -4.08. The van der Waals surface area contributed by atoms with Crippen molar-refractivity contribution in [3.63, 3.8) is 0 Å². The molecule has 0 aliphatic rings. The van der Waals surface area contributed by atoms with Gasteiger partial charge in [-0.3, -0.25) is 14.2 Å². The standard InChI is InChI=1S/C16H17NO6S/c1-2-11-10-13(18)17(9-8-14(19)20)16(21)15(11)24(22,23)12-6-4-3-5-7-12/h3-7,10,18H,2,8-9H2,1H3,(H,19,20). The number of rotatable bonds is 6. The van der Waals surface area contributed by atoms with Crippen molar-refractivity contribution >= 4 is 15.8 Å². The quantitative estimate of drug-likeness (QED) is 0.814. The van der Waals surface area contributed by atoms with Crippen LogP contribution in [0.4, 0.5) is 0 Å². The molecule has 1 aromatic heterocycles. The Morgan fingerprint density at radius 1 is 1.21 bits per heavy atom. The van der Waals surface area contributed by atoms with Crippen LogP contribution in [-0.4, -0.2) is 29.2 Å². The van der Waals surface area contributed by atoms with E-state index in [0.29, 0.717) is 0 Å². The molecular formula is C16H17NO6S. The molecule has 0 fully saturated rings. The van der Waals surface area contributed by atoms with Crippen LogP contribution in [0.25, 0.3) is 0 Å². The van der Waals surface area contributed by atoms with Crippen molar-refractivity contribution in [3.05, 3.63) is 52.3 Å². The lowest BCUT2D eigenvalue weighted by Gasteiger charge is -2.14. The van der Waals surface area contributed by atoms with E-state index in [9.17, 15) is 23.1 Å². The van der Waals surface area contributed by atoms with E-state index in [0.717, 1.165) is 4.57 Å². The van der Waals surface area contributed by atoms with Crippen LogP contribution < -0.4 is 5.56 Å². The summed E-state index contributed by atoms with van der Waals surface area (Å²) in [5.74, 6) is -1.61. The van der Waals surface area contributed by atoms with Crippen molar-refractivity contribution in [3.8, 4) is 5.88 Å². The summed E-state index contributed by atoms with van der Waals surface area (Å²) in [5.41, 5.74) is -0.732.